The molecule has 7 heteroatoms. The highest BCUT2D eigenvalue weighted by Crippen LogP contribution is 2.24. The van der Waals surface area contributed by atoms with E-state index in [-0.39, 0.29) is 17.9 Å². The van der Waals surface area contributed by atoms with Gasteiger partial charge in [-0.15, -0.1) is 0 Å². The molecule has 1 fully saturated rings. The predicted octanol–water partition coefficient (Wildman–Crippen LogP) is 3.69. The van der Waals surface area contributed by atoms with Gasteiger partial charge in [0.1, 0.15) is 5.75 Å². The standard InChI is InChI=1S/C23H26BrN3O3/c1-30-21-9-8-18(24)15-17(21)7-10-22(28)25-20-11-13-27(14-12-20)16-23(29)26-19-5-3-2-4-6-19/h2-10,15,20H,11-14,16H2,1H3,(H,25,28)(H,26,29)/b10-7+. The van der Waals surface area contributed by atoms with E-state index in [1.807, 2.05) is 48.5 Å². The monoisotopic (exact) mass is 471 g/mol. The molecular formula is C23H26BrN3O3. The van der Waals surface area contributed by atoms with Crippen LogP contribution in [0.25, 0.3) is 6.08 Å². The summed E-state index contributed by atoms with van der Waals surface area (Å²) in [7, 11) is 1.61. The van der Waals surface area contributed by atoms with Gasteiger partial charge in [0.05, 0.1) is 13.7 Å². The number of hydrogen-bond donors (Lipinski definition) is 2. The second-order valence-electron chi connectivity index (χ2n) is 7.19. The van der Waals surface area contributed by atoms with Gasteiger partial charge in [0.25, 0.3) is 0 Å². The Labute approximate surface area is 185 Å². The van der Waals surface area contributed by atoms with Gasteiger partial charge in [-0.05, 0) is 49.2 Å². The van der Waals surface area contributed by atoms with Crippen molar-refractivity contribution in [2.45, 2.75) is 18.9 Å². The van der Waals surface area contributed by atoms with E-state index in [1.54, 1.807) is 13.2 Å². The summed E-state index contributed by atoms with van der Waals surface area (Å²) in [5, 5.41) is 5.95. The van der Waals surface area contributed by atoms with Crippen LogP contribution in [-0.4, -0.2) is 49.5 Å². The number of amides is 2. The van der Waals surface area contributed by atoms with Crippen LogP contribution < -0.4 is 15.4 Å². The largest absolute Gasteiger partial charge is 0.496 e. The summed E-state index contributed by atoms with van der Waals surface area (Å²) in [4.78, 5) is 26.6. The summed E-state index contributed by atoms with van der Waals surface area (Å²) >= 11 is 3.43. The Morgan fingerprint density at radius 2 is 1.90 bits per heavy atom. The SMILES string of the molecule is COc1ccc(Br)cc1/C=C/C(=O)NC1CCN(CC(=O)Nc2ccccc2)CC1. The lowest BCUT2D eigenvalue weighted by molar-refractivity contribution is -0.119. The van der Waals surface area contributed by atoms with E-state index in [2.05, 4.69) is 31.5 Å². The number of piperidine rings is 1. The van der Waals surface area contributed by atoms with Gasteiger partial charge in [0.2, 0.25) is 11.8 Å². The van der Waals surface area contributed by atoms with E-state index in [0.29, 0.717) is 12.3 Å². The van der Waals surface area contributed by atoms with E-state index in [4.69, 9.17) is 4.74 Å². The highest BCUT2D eigenvalue weighted by molar-refractivity contribution is 9.10. The van der Waals surface area contributed by atoms with E-state index >= 15 is 0 Å². The van der Waals surface area contributed by atoms with Crippen LogP contribution in [0, 0.1) is 0 Å². The molecule has 0 saturated carbocycles. The summed E-state index contributed by atoms with van der Waals surface area (Å²) in [6.45, 7) is 1.91. The zero-order chi connectivity index (χ0) is 21.3. The summed E-state index contributed by atoms with van der Waals surface area (Å²) in [5.74, 6) is 0.566. The van der Waals surface area contributed by atoms with Gasteiger partial charge >= 0.3 is 0 Å². The van der Waals surface area contributed by atoms with E-state index in [1.165, 1.54) is 6.08 Å². The van der Waals surface area contributed by atoms with Crippen LogP contribution in [0.4, 0.5) is 5.69 Å². The molecule has 2 amide bonds. The number of methoxy groups -OCH3 is 1. The summed E-state index contributed by atoms with van der Waals surface area (Å²) < 4.78 is 6.24. The molecule has 158 valence electrons. The maximum atomic E-state index is 12.3. The first-order valence-corrected chi connectivity index (χ1v) is 10.7. The molecule has 1 saturated heterocycles. The van der Waals surface area contributed by atoms with Crippen molar-refractivity contribution in [1.29, 1.82) is 0 Å². The third-order valence-corrected chi connectivity index (χ3v) is 5.46. The molecule has 2 aromatic rings. The topological polar surface area (TPSA) is 70.7 Å². The number of nitrogens with one attached hydrogen (secondary N) is 2. The number of halogens is 1. The molecule has 0 bridgehead atoms. The smallest absolute Gasteiger partial charge is 0.244 e. The highest BCUT2D eigenvalue weighted by atomic mass is 79.9. The van der Waals surface area contributed by atoms with Crippen molar-refractivity contribution in [3.63, 3.8) is 0 Å². The van der Waals surface area contributed by atoms with Crippen LogP contribution >= 0.6 is 15.9 Å². The van der Waals surface area contributed by atoms with Crippen molar-refractivity contribution in [2.75, 3.05) is 32.1 Å². The maximum absolute atomic E-state index is 12.3. The van der Waals surface area contributed by atoms with Gasteiger partial charge < -0.3 is 15.4 Å². The van der Waals surface area contributed by atoms with Crippen molar-refractivity contribution in [1.82, 2.24) is 10.2 Å². The second kappa shape index (κ2) is 10.9. The number of likely N-dealkylation sites (tertiary alicyclic amines) is 1. The van der Waals surface area contributed by atoms with Crippen molar-refractivity contribution in [3.8, 4) is 5.75 Å². The number of rotatable bonds is 7. The van der Waals surface area contributed by atoms with Crippen molar-refractivity contribution < 1.29 is 14.3 Å². The van der Waals surface area contributed by atoms with Crippen LogP contribution in [0.3, 0.4) is 0 Å². The molecule has 2 aromatic carbocycles. The average molecular weight is 472 g/mol. The van der Waals surface area contributed by atoms with E-state index < -0.39 is 0 Å². The molecule has 0 radical (unpaired) electrons. The Kier molecular flexibility index (Phi) is 8.04. The lowest BCUT2D eigenvalue weighted by Gasteiger charge is -2.31. The minimum Gasteiger partial charge on any atom is -0.496 e. The van der Waals surface area contributed by atoms with E-state index in [9.17, 15) is 9.59 Å². The second-order valence-corrected chi connectivity index (χ2v) is 8.11. The first-order chi connectivity index (χ1) is 14.5. The van der Waals surface area contributed by atoms with Crippen molar-refractivity contribution in [3.05, 3.63) is 64.6 Å². The van der Waals surface area contributed by atoms with E-state index in [0.717, 1.165) is 41.7 Å². The number of benzene rings is 2. The molecule has 0 unspecified atom stereocenters. The third kappa shape index (κ3) is 6.71. The van der Waals surface area contributed by atoms with Gasteiger partial charge in [-0.2, -0.15) is 0 Å². The fourth-order valence-corrected chi connectivity index (χ4v) is 3.79. The number of carbonyl (C=O) groups is 2. The minimum absolute atomic E-state index is 0.0189. The fourth-order valence-electron chi connectivity index (χ4n) is 3.41. The van der Waals surface area contributed by atoms with Crippen LogP contribution in [0.2, 0.25) is 0 Å². The number of nitrogens with zero attached hydrogens (tertiary/aromatic N) is 1. The number of anilines is 1. The van der Waals surface area contributed by atoms with Gasteiger partial charge in [-0.1, -0.05) is 34.1 Å². The molecule has 0 atom stereocenters. The molecule has 1 aliphatic rings. The molecule has 0 spiro atoms. The van der Waals surface area contributed by atoms with Gasteiger partial charge in [-0.25, -0.2) is 0 Å². The molecular weight excluding hydrogens is 446 g/mol. The van der Waals surface area contributed by atoms with Crippen molar-refractivity contribution >= 4 is 39.5 Å². The predicted molar refractivity (Wildman–Crippen MR) is 122 cm³/mol. The quantitative estimate of drug-likeness (QED) is 0.604. The molecule has 6 nitrogen and oxygen atoms in total. The molecule has 0 aliphatic carbocycles. The summed E-state index contributed by atoms with van der Waals surface area (Å²) in [6.07, 6.45) is 4.92. The Hall–Kier alpha value is -2.64. The highest BCUT2D eigenvalue weighted by Gasteiger charge is 2.21. The normalized spacial score (nSPS) is 15.1. The van der Waals surface area contributed by atoms with Gasteiger partial charge in [-0.3, -0.25) is 14.5 Å². The summed E-state index contributed by atoms with van der Waals surface area (Å²) in [5.41, 5.74) is 1.64. The molecule has 1 heterocycles. The van der Waals surface area contributed by atoms with Gasteiger partial charge in [0.15, 0.2) is 0 Å². The third-order valence-electron chi connectivity index (χ3n) is 4.96. The maximum Gasteiger partial charge on any atom is 0.244 e. The lowest BCUT2D eigenvalue weighted by atomic mass is 10.0. The number of para-hydroxylation sites is 1. The van der Waals surface area contributed by atoms with Crippen LogP contribution in [-0.2, 0) is 9.59 Å². The number of ether oxygens (including phenoxy) is 1. The Morgan fingerprint density at radius 3 is 2.60 bits per heavy atom. The first kappa shape index (κ1) is 22.1. The first-order valence-electron chi connectivity index (χ1n) is 9.93. The minimum atomic E-state index is -0.128. The zero-order valence-electron chi connectivity index (χ0n) is 16.9. The molecule has 3 rings (SSSR count). The molecule has 0 aromatic heterocycles. The van der Waals surface area contributed by atoms with Crippen LogP contribution in [0.5, 0.6) is 5.75 Å². The zero-order valence-corrected chi connectivity index (χ0v) is 18.5. The number of carbonyl (C=O) groups excluding carboxylic acids is 2. The Balaban J connectivity index is 1.42. The van der Waals surface area contributed by atoms with Crippen LogP contribution in [0.1, 0.15) is 18.4 Å². The molecule has 1 aliphatic heterocycles. The Bertz CT molecular complexity index is 894. The summed E-state index contributed by atoms with van der Waals surface area (Å²) in [6, 6.07) is 15.2. The average Bonchev–Trinajstić information content (AvgIpc) is 2.74. The van der Waals surface area contributed by atoms with Gasteiger partial charge in [0, 0.05) is 40.9 Å². The Morgan fingerprint density at radius 1 is 1.17 bits per heavy atom. The van der Waals surface area contributed by atoms with Crippen molar-refractivity contribution in [2.24, 2.45) is 0 Å². The molecule has 2 N–H and O–H groups in total. The lowest BCUT2D eigenvalue weighted by Crippen LogP contribution is -2.46. The fraction of sp³-hybridized carbons (Fsp3) is 0.304. The van der Waals surface area contributed by atoms with Crippen LogP contribution in [0.15, 0.2) is 59.1 Å². The number of hydrogen-bond acceptors (Lipinski definition) is 4. The molecule has 30 heavy (non-hydrogen) atoms.